The summed E-state index contributed by atoms with van der Waals surface area (Å²) in [6.45, 7) is 8.54. The molecule has 1 rings (SSSR count). The van der Waals surface area contributed by atoms with E-state index in [1.54, 1.807) is 7.11 Å². The van der Waals surface area contributed by atoms with Crippen LogP contribution in [0.2, 0.25) is 0 Å². The zero-order valence-corrected chi connectivity index (χ0v) is 13.4. The molecule has 118 valence electrons. The van der Waals surface area contributed by atoms with Gasteiger partial charge in [0.15, 0.2) is 0 Å². The van der Waals surface area contributed by atoms with Crippen molar-refractivity contribution in [2.75, 3.05) is 26.8 Å². The first-order valence-electron chi connectivity index (χ1n) is 7.77. The molecule has 0 heterocycles. The van der Waals surface area contributed by atoms with Gasteiger partial charge < -0.3 is 15.8 Å². The number of nitrogens with zero attached hydrogens (tertiary/aromatic N) is 1. The summed E-state index contributed by atoms with van der Waals surface area (Å²) in [6, 6.07) is 1.35. The average molecular weight is 285 g/mol. The first-order chi connectivity index (χ1) is 9.53. The van der Waals surface area contributed by atoms with Gasteiger partial charge in [-0.1, -0.05) is 6.92 Å². The van der Waals surface area contributed by atoms with Crippen molar-refractivity contribution in [3.05, 3.63) is 0 Å². The number of methoxy groups -OCH3 is 1. The van der Waals surface area contributed by atoms with E-state index >= 15 is 0 Å². The fourth-order valence-electron chi connectivity index (χ4n) is 3.44. The van der Waals surface area contributed by atoms with Crippen LogP contribution in [0.3, 0.4) is 0 Å². The highest BCUT2D eigenvalue weighted by Gasteiger charge is 2.34. The number of nitrogens with two attached hydrogens (primary N) is 1. The topological polar surface area (TPSA) is 67.6 Å². The second-order valence-corrected chi connectivity index (χ2v) is 5.98. The molecular formula is C15H31N3O2. The Hall–Kier alpha value is -0.650. The SMILES string of the molecule is CCN(C(C)C)C1CCC(NC(=O)CN)C(COC)C1. The Morgan fingerprint density at radius 2 is 2.15 bits per heavy atom. The highest BCUT2D eigenvalue weighted by Crippen LogP contribution is 2.29. The van der Waals surface area contributed by atoms with Gasteiger partial charge in [-0.2, -0.15) is 0 Å². The van der Waals surface area contributed by atoms with E-state index in [9.17, 15) is 4.79 Å². The van der Waals surface area contributed by atoms with Gasteiger partial charge in [0.25, 0.3) is 0 Å². The number of nitrogens with one attached hydrogen (secondary N) is 1. The molecule has 5 nitrogen and oxygen atoms in total. The molecule has 1 aliphatic rings. The lowest BCUT2D eigenvalue weighted by Crippen LogP contribution is -2.52. The van der Waals surface area contributed by atoms with Gasteiger partial charge in [-0.3, -0.25) is 9.69 Å². The minimum Gasteiger partial charge on any atom is -0.384 e. The molecule has 3 N–H and O–H groups in total. The number of amides is 1. The molecule has 3 unspecified atom stereocenters. The largest absolute Gasteiger partial charge is 0.384 e. The van der Waals surface area contributed by atoms with Crippen LogP contribution in [0, 0.1) is 5.92 Å². The van der Waals surface area contributed by atoms with Gasteiger partial charge in [0, 0.05) is 31.2 Å². The van der Waals surface area contributed by atoms with E-state index in [2.05, 4.69) is 31.0 Å². The van der Waals surface area contributed by atoms with Crippen LogP contribution in [-0.2, 0) is 9.53 Å². The smallest absolute Gasteiger partial charge is 0.233 e. The minimum atomic E-state index is -0.0641. The number of hydrogen-bond acceptors (Lipinski definition) is 4. The third-order valence-corrected chi connectivity index (χ3v) is 4.36. The zero-order valence-electron chi connectivity index (χ0n) is 13.4. The Kier molecular flexibility index (Phi) is 7.48. The standard InChI is InChI=1S/C15H31N3O2/c1-5-18(11(2)3)13-6-7-14(17-15(19)9-16)12(8-13)10-20-4/h11-14H,5-10,16H2,1-4H3,(H,17,19). The van der Waals surface area contributed by atoms with Crippen molar-refractivity contribution in [3.63, 3.8) is 0 Å². The molecule has 1 fully saturated rings. The van der Waals surface area contributed by atoms with Crippen LogP contribution in [-0.4, -0.2) is 55.7 Å². The molecule has 0 saturated heterocycles. The van der Waals surface area contributed by atoms with Gasteiger partial charge in [-0.25, -0.2) is 0 Å². The van der Waals surface area contributed by atoms with Gasteiger partial charge in [-0.15, -0.1) is 0 Å². The summed E-state index contributed by atoms with van der Waals surface area (Å²) in [7, 11) is 1.73. The molecule has 0 radical (unpaired) electrons. The normalized spacial score (nSPS) is 27.1. The predicted octanol–water partition coefficient (Wildman–Crippen LogP) is 0.975. The average Bonchev–Trinajstić information content (AvgIpc) is 2.42. The molecule has 0 aromatic carbocycles. The highest BCUT2D eigenvalue weighted by atomic mass is 16.5. The van der Waals surface area contributed by atoms with Crippen molar-refractivity contribution in [1.82, 2.24) is 10.2 Å². The summed E-state index contributed by atoms with van der Waals surface area (Å²) < 4.78 is 5.35. The van der Waals surface area contributed by atoms with Crippen LogP contribution in [0.25, 0.3) is 0 Å². The summed E-state index contributed by atoms with van der Waals surface area (Å²) in [6.07, 6.45) is 3.21. The van der Waals surface area contributed by atoms with E-state index in [0.717, 1.165) is 25.8 Å². The van der Waals surface area contributed by atoms with Gasteiger partial charge in [0.05, 0.1) is 13.2 Å². The van der Waals surface area contributed by atoms with Crippen LogP contribution in [0.5, 0.6) is 0 Å². The lowest BCUT2D eigenvalue weighted by molar-refractivity contribution is -0.121. The summed E-state index contributed by atoms with van der Waals surface area (Å²) in [5, 5.41) is 3.05. The molecular weight excluding hydrogens is 254 g/mol. The van der Waals surface area contributed by atoms with Gasteiger partial charge in [-0.05, 0) is 39.7 Å². The van der Waals surface area contributed by atoms with Gasteiger partial charge >= 0.3 is 0 Å². The monoisotopic (exact) mass is 285 g/mol. The molecule has 0 aliphatic heterocycles. The van der Waals surface area contributed by atoms with Crippen molar-refractivity contribution in [2.24, 2.45) is 11.7 Å². The van der Waals surface area contributed by atoms with Crippen LogP contribution in [0.4, 0.5) is 0 Å². The Balaban J connectivity index is 2.66. The molecule has 5 heteroatoms. The van der Waals surface area contributed by atoms with Crippen molar-refractivity contribution >= 4 is 5.91 Å². The predicted molar refractivity (Wildman–Crippen MR) is 81.5 cm³/mol. The molecule has 1 amide bonds. The maximum Gasteiger partial charge on any atom is 0.233 e. The van der Waals surface area contributed by atoms with Gasteiger partial charge in [0.2, 0.25) is 5.91 Å². The van der Waals surface area contributed by atoms with Crippen LogP contribution in [0.1, 0.15) is 40.0 Å². The van der Waals surface area contributed by atoms with Gasteiger partial charge in [0.1, 0.15) is 0 Å². The number of carbonyl (C=O) groups is 1. The first kappa shape index (κ1) is 17.4. The molecule has 1 aliphatic carbocycles. The minimum absolute atomic E-state index is 0.0622. The maximum absolute atomic E-state index is 11.5. The second-order valence-electron chi connectivity index (χ2n) is 5.98. The van der Waals surface area contributed by atoms with Crippen molar-refractivity contribution in [2.45, 2.75) is 58.2 Å². The van der Waals surface area contributed by atoms with E-state index in [1.165, 1.54) is 0 Å². The molecule has 0 aromatic heterocycles. The van der Waals surface area contributed by atoms with E-state index in [-0.39, 0.29) is 18.5 Å². The fraction of sp³-hybridized carbons (Fsp3) is 0.933. The molecule has 1 saturated carbocycles. The number of carbonyl (C=O) groups excluding carboxylic acids is 1. The van der Waals surface area contributed by atoms with E-state index in [0.29, 0.717) is 24.6 Å². The van der Waals surface area contributed by atoms with Crippen molar-refractivity contribution in [3.8, 4) is 0 Å². The summed E-state index contributed by atoms with van der Waals surface area (Å²) in [5.74, 6) is 0.313. The van der Waals surface area contributed by atoms with E-state index in [1.807, 2.05) is 0 Å². The Morgan fingerprint density at radius 3 is 2.65 bits per heavy atom. The summed E-state index contributed by atoms with van der Waals surface area (Å²) in [5.41, 5.74) is 5.39. The third kappa shape index (κ3) is 4.72. The molecule has 3 atom stereocenters. The zero-order chi connectivity index (χ0) is 15.1. The fourth-order valence-corrected chi connectivity index (χ4v) is 3.44. The van der Waals surface area contributed by atoms with E-state index < -0.39 is 0 Å². The molecule has 0 bridgehead atoms. The third-order valence-electron chi connectivity index (χ3n) is 4.36. The lowest BCUT2D eigenvalue weighted by Gasteiger charge is -2.42. The number of ether oxygens (including phenoxy) is 1. The number of hydrogen-bond donors (Lipinski definition) is 2. The van der Waals surface area contributed by atoms with E-state index in [4.69, 9.17) is 10.5 Å². The van der Waals surface area contributed by atoms with Crippen LogP contribution in [0.15, 0.2) is 0 Å². The Bertz CT molecular complexity index is 297. The highest BCUT2D eigenvalue weighted by molar-refractivity contribution is 5.78. The summed E-state index contributed by atoms with van der Waals surface area (Å²) in [4.78, 5) is 14.1. The van der Waals surface area contributed by atoms with Crippen molar-refractivity contribution < 1.29 is 9.53 Å². The first-order valence-corrected chi connectivity index (χ1v) is 7.77. The number of rotatable bonds is 7. The molecule has 20 heavy (non-hydrogen) atoms. The lowest BCUT2D eigenvalue weighted by atomic mass is 9.80. The van der Waals surface area contributed by atoms with Crippen molar-refractivity contribution in [1.29, 1.82) is 0 Å². The quantitative estimate of drug-likeness (QED) is 0.731. The Morgan fingerprint density at radius 1 is 1.45 bits per heavy atom. The maximum atomic E-state index is 11.5. The second kappa shape index (κ2) is 8.60. The van der Waals surface area contributed by atoms with Crippen LogP contribution >= 0.6 is 0 Å². The van der Waals surface area contributed by atoms with Crippen LogP contribution < -0.4 is 11.1 Å². The molecule has 0 aromatic rings. The molecule has 0 spiro atoms. The Labute approximate surface area is 123 Å². The summed E-state index contributed by atoms with van der Waals surface area (Å²) >= 11 is 0.